The van der Waals surface area contributed by atoms with E-state index in [9.17, 15) is 13.2 Å². The SMILES string of the molecule is Cc1ccccc1-c1nnc(SCCN2C(=O)c3ccccc3S2(=O)=O)o1. The summed E-state index contributed by atoms with van der Waals surface area (Å²) in [5.74, 6) is 0.221. The first-order valence-corrected chi connectivity index (χ1v) is 10.6. The maximum atomic E-state index is 12.5. The van der Waals surface area contributed by atoms with Crippen molar-refractivity contribution in [3.8, 4) is 11.5 Å². The van der Waals surface area contributed by atoms with Crippen LogP contribution in [0.2, 0.25) is 0 Å². The van der Waals surface area contributed by atoms with Crippen molar-refractivity contribution in [1.82, 2.24) is 14.5 Å². The van der Waals surface area contributed by atoms with Gasteiger partial charge >= 0.3 is 0 Å². The van der Waals surface area contributed by atoms with Gasteiger partial charge in [-0.2, -0.15) is 0 Å². The molecule has 4 rings (SSSR count). The molecule has 1 aliphatic rings. The summed E-state index contributed by atoms with van der Waals surface area (Å²) in [6.45, 7) is 1.98. The zero-order chi connectivity index (χ0) is 19.0. The Morgan fingerprint density at radius 2 is 1.74 bits per heavy atom. The van der Waals surface area contributed by atoms with Gasteiger partial charge in [0.05, 0.1) is 5.56 Å². The molecule has 0 spiro atoms. The molecule has 3 aromatic rings. The second kappa shape index (κ2) is 6.82. The number of amides is 1. The van der Waals surface area contributed by atoms with Gasteiger partial charge in [-0.1, -0.05) is 42.1 Å². The Morgan fingerprint density at radius 1 is 1.04 bits per heavy atom. The molecule has 138 valence electrons. The fourth-order valence-corrected chi connectivity index (χ4v) is 5.23. The molecule has 2 aromatic carbocycles. The summed E-state index contributed by atoms with van der Waals surface area (Å²) in [5, 5.41) is 8.35. The van der Waals surface area contributed by atoms with E-state index in [1.807, 2.05) is 31.2 Å². The first kappa shape index (κ1) is 17.7. The van der Waals surface area contributed by atoms with Crippen LogP contribution >= 0.6 is 11.8 Å². The van der Waals surface area contributed by atoms with Crippen LogP contribution in [0.1, 0.15) is 15.9 Å². The van der Waals surface area contributed by atoms with Crippen molar-refractivity contribution in [2.75, 3.05) is 12.3 Å². The van der Waals surface area contributed by atoms with Crippen LogP contribution < -0.4 is 0 Å². The Balaban J connectivity index is 1.44. The van der Waals surface area contributed by atoms with Gasteiger partial charge in [0, 0.05) is 17.9 Å². The zero-order valence-electron chi connectivity index (χ0n) is 14.3. The van der Waals surface area contributed by atoms with Gasteiger partial charge in [0.25, 0.3) is 21.2 Å². The van der Waals surface area contributed by atoms with Gasteiger partial charge in [0.2, 0.25) is 5.89 Å². The van der Waals surface area contributed by atoms with Crippen molar-refractivity contribution in [3.63, 3.8) is 0 Å². The number of fused-ring (bicyclic) bond motifs is 1. The number of nitrogens with zero attached hydrogens (tertiary/aromatic N) is 3. The minimum absolute atomic E-state index is 0.0303. The summed E-state index contributed by atoms with van der Waals surface area (Å²) in [5.41, 5.74) is 2.08. The van der Waals surface area contributed by atoms with Gasteiger partial charge in [-0.3, -0.25) is 4.79 Å². The molecular formula is C18H15N3O4S2. The number of thioether (sulfide) groups is 1. The summed E-state index contributed by atoms with van der Waals surface area (Å²) in [4.78, 5) is 12.4. The third-order valence-electron chi connectivity index (χ3n) is 4.21. The van der Waals surface area contributed by atoms with Crippen LogP contribution in [0, 0.1) is 6.92 Å². The average molecular weight is 401 g/mol. The van der Waals surface area contributed by atoms with Crippen LogP contribution in [0.5, 0.6) is 0 Å². The lowest BCUT2D eigenvalue weighted by atomic mass is 10.1. The maximum absolute atomic E-state index is 12.5. The highest BCUT2D eigenvalue weighted by Gasteiger charge is 2.40. The molecular weight excluding hydrogens is 386 g/mol. The van der Waals surface area contributed by atoms with Crippen LogP contribution in [0.3, 0.4) is 0 Å². The minimum atomic E-state index is -3.79. The molecule has 7 nitrogen and oxygen atoms in total. The van der Waals surface area contributed by atoms with Crippen LogP contribution in [0.25, 0.3) is 11.5 Å². The number of carbonyl (C=O) groups excluding carboxylic acids is 1. The largest absolute Gasteiger partial charge is 0.411 e. The number of aromatic nitrogens is 2. The van der Waals surface area contributed by atoms with E-state index in [0.29, 0.717) is 16.9 Å². The number of rotatable bonds is 5. The first-order chi connectivity index (χ1) is 13.0. The number of aryl methyl sites for hydroxylation is 1. The van der Waals surface area contributed by atoms with Crippen molar-refractivity contribution in [2.24, 2.45) is 0 Å². The molecule has 0 unspecified atom stereocenters. The van der Waals surface area contributed by atoms with Crippen molar-refractivity contribution < 1.29 is 17.6 Å². The molecule has 0 radical (unpaired) electrons. The maximum Gasteiger partial charge on any atom is 0.276 e. The zero-order valence-corrected chi connectivity index (χ0v) is 16.0. The molecule has 9 heteroatoms. The first-order valence-electron chi connectivity index (χ1n) is 8.17. The number of benzene rings is 2. The molecule has 1 aliphatic heterocycles. The van der Waals surface area contributed by atoms with E-state index in [2.05, 4.69) is 10.2 Å². The van der Waals surface area contributed by atoms with E-state index in [4.69, 9.17) is 4.42 Å². The highest BCUT2D eigenvalue weighted by atomic mass is 32.2. The molecule has 2 heterocycles. The van der Waals surface area contributed by atoms with Gasteiger partial charge in [-0.15, -0.1) is 10.2 Å². The topological polar surface area (TPSA) is 93.4 Å². The fourth-order valence-electron chi connectivity index (χ4n) is 2.86. The second-order valence-corrected chi connectivity index (χ2v) is 8.79. The Kier molecular flexibility index (Phi) is 4.48. The number of hydrogen-bond acceptors (Lipinski definition) is 7. The average Bonchev–Trinajstić information content (AvgIpc) is 3.20. The lowest BCUT2D eigenvalue weighted by Crippen LogP contribution is -2.32. The third kappa shape index (κ3) is 3.13. The molecule has 0 aliphatic carbocycles. The summed E-state index contributed by atoms with van der Waals surface area (Å²) in [6, 6.07) is 13.9. The van der Waals surface area contributed by atoms with Gasteiger partial charge in [0.1, 0.15) is 4.90 Å². The van der Waals surface area contributed by atoms with Gasteiger partial charge < -0.3 is 4.42 Å². The standard InChI is InChI=1S/C18H15N3O4S2/c1-12-6-2-3-7-13(12)16-19-20-18(25-16)26-11-10-21-17(22)14-8-4-5-9-15(14)27(21,23)24/h2-9H,10-11H2,1H3. The van der Waals surface area contributed by atoms with E-state index in [1.54, 1.807) is 12.1 Å². The normalized spacial score (nSPS) is 15.1. The van der Waals surface area contributed by atoms with Gasteiger partial charge in [0.15, 0.2) is 0 Å². The molecule has 1 amide bonds. The van der Waals surface area contributed by atoms with Crippen LogP contribution in [0.15, 0.2) is 63.1 Å². The monoisotopic (exact) mass is 401 g/mol. The van der Waals surface area contributed by atoms with Crippen LogP contribution in [0.4, 0.5) is 0 Å². The Bertz CT molecular complexity index is 1120. The lowest BCUT2D eigenvalue weighted by molar-refractivity contribution is 0.0876. The predicted molar refractivity (Wildman–Crippen MR) is 99.9 cm³/mol. The van der Waals surface area contributed by atoms with Crippen molar-refractivity contribution >= 4 is 27.7 Å². The van der Waals surface area contributed by atoms with Crippen molar-refractivity contribution in [2.45, 2.75) is 17.0 Å². The van der Waals surface area contributed by atoms with Gasteiger partial charge in [-0.05, 0) is 30.7 Å². The summed E-state index contributed by atoms with van der Waals surface area (Å²) < 4.78 is 31.6. The lowest BCUT2D eigenvalue weighted by Gasteiger charge is -2.13. The molecule has 0 bridgehead atoms. The number of hydrogen-bond donors (Lipinski definition) is 0. The van der Waals surface area contributed by atoms with E-state index in [1.165, 1.54) is 23.9 Å². The highest BCUT2D eigenvalue weighted by Crippen LogP contribution is 2.31. The quantitative estimate of drug-likeness (QED) is 0.607. The molecule has 1 aromatic heterocycles. The smallest absolute Gasteiger partial charge is 0.276 e. The third-order valence-corrected chi connectivity index (χ3v) is 6.85. The molecule has 0 atom stereocenters. The fraction of sp³-hybridized carbons (Fsp3) is 0.167. The Morgan fingerprint density at radius 3 is 2.48 bits per heavy atom. The van der Waals surface area contributed by atoms with Crippen molar-refractivity contribution in [1.29, 1.82) is 0 Å². The summed E-state index contributed by atoms with van der Waals surface area (Å²) >= 11 is 1.21. The van der Waals surface area contributed by atoms with Gasteiger partial charge in [-0.25, -0.2) is 12.7 Å². The van der Waals surface area contributed by atoms with Crippen molar-refractivity contribution in [3.05, 3.63) is 59.7 Å². The molecule has 0 fully saturated rings. The summed E-state index contributed by atoms with van der Waals surface area (Å²) in [7, 11) is -3.79. The summed E-state index contributed by atoms with van der Waals surface area (Å²) in [6.07, 6.45) is 0. The molecule has 27 heavy (non-hydrogen) atoms. The van der Waals surface area contributed by atoms with E-state index in [0.717, 1.165) is 15.4 Å². The predicted octanol–water partition coefficient (Wildman–Crippen LogP) is 2.98. The minimum Gasteiger partial charge on any atom is -0.411 e. The van der Waals surface area contributed by atoms with E-state index >= 15 is 0 Å². The number of carbonyl (C=O) groups is 1. The van der Waals surface area contributed by atoms with Crippen LogP contribution in [-0.2, 0) is 10.0 Å². The molecule has 0 N–H and O–H groups in total. The number of sulfonamides is 1. The molecule has 0 saturated carbocycles. The van der Waals surface area contributed by atoms with E-state index < -0.39 is 15.9 Å². The molecule has 0 saturated heterocycles. The second-order valence-electron chi connectivity index (χ2n) is 5.91. The Hall–Kier alpha value is -2.65. The van der Waals surface area contributed by atoms with Crippen LogP contribution in [-0.4, -0.2) is 41.1 Å². The Labute approximate surface area is 160 Å². The highest BCUT2D eigenvalue weighted by molar-refractivity contribution is 7.99. The van der Waals surface area contributed by atoms with E-state index in [-0.39, 0.29) is 17.0 Å².